The van der Waals surface area contributed by atoms with Crippen LogP contribution in [0.3, 0.4) is 0 Å². The first-order valence-corrected chi connectivity index (χ1v) is 7.73. The van der Waals surface area contributed by atoms with E-state index in [0.717, 1.165) is 18.9 Å². The third-order valence-corrected chi connectivity index (χ3v) is 3.62. The average molecular weight is 318 g/mol. The lowest BCUT2D eigenvalue weighted by atomic mass is 9.99. The van der Waals surface area contributed by atoms with Crippen LogP contribution in [0.1, 0.15) is 42.1 Å². The highest BCUT2D eigenvalue weighted by atomic mass is 16.5. The second kappa shape index (κ2) is 7.83. The van der Waals surface area contributed by atoms with E-state index in [4.69, 9.17) is 4.74 Å². The number of phenols is 2. The number of phenolic OH excluding ortho intramolecular Hbond substituents is 2. The third kappa shape index (κ3) is 4.86. The number of hydrogen-bond donors (Lipinski definition) is 3. The first-order valence-electron chi connectivity index (χ1n) is 7.73. The molecule has 0 aromatic heterocycles. The maximum absolute atomic E-state index is 12.3. The first-order chi connectivity index (χ1) is 11.0. The van der Waals surface area contributed by atoms with E-state index in [0.29, 0.717) is 12.0 Å². The molecule has 1 aromatic carbocycles. The van der Waals surface area contributed by atoms with Crippen LogP contribution in [0.15, 0.2) is 36.4 Å². The van der Waals surface area contributed by atoms with Crippen LogP contribution in [0.2, 0.25) is 0 Å². The van der Waals surface area contributed by atoms with Crippen molar-refractivity contribution in [3.8, 4) is 11.5 Å². The Kier molecular flexibility index (Phi) is 5.82. The topological polar surface area (TPSA) is 87.0 Å². The van der Waals surface area contributed by atoms with Crippen LogP contribution in [0.4, 0.5) is 0 Å². The Morgan fingerprint density at radius 3 is 2.65 bits per heavy atom. The highest BCUT2D eigenvalue weighted by Gasteiger charge is 2.22. The highest BCUT2D eigenvalue weighted by Crippen LogP contribution is 2.29. The Labute approximate surface area is 135 Å². The number of esters is 1. The summed E-state index contributed by atoms with van der Waals surface area (Å²) in [5.41, 5.74) is 0.340. The molecular weight excluding hydrogens is 296 g/mol. The van der Waals surface area contributed by atoms with E-state index in [2.05, 4.69) is 0 Å². The molecular formula is C18H22O5. The summed E-state index contributed by atoms with van der Waals surface area (Å²) in [5, 5.41) is 29.7. The predicted octanol–water partition coefficient (Wildman–Crippen LogP) is 2.84. The molecule has 0 saturated heterocycles. The average Bonchev–Trinajstić information content (AvgIpc) is 2.44. The van der Waals surface area contributed by atoms with Gasteiger partial charge in [0, 0.05) is 18.9 Å². The zero-order valence-corrected chi connectivity index (χ0v) is 13.1. The van der Waals surface area contributed by atoms with Crippen LogP contribution in [0, 0.1) is 0 Å². The molecule has 3 N–H and O–H groups in total. The summed E-state index contributed by atoms with van der Waals surface area (Å²) >= 11 is 0. The molecule has 1 aliphatic rings. The van der Waals surface area contributed by atoms with Crippen LogP contribution in [0.25, 0.3) is 0 Å². The predicted molar refractivity (Wildman–Crippen MR) is 86.5 cm³/mol. The molecule has 23 heavy (non-hydrogen) atoms. The first kappa shape index (κ1) is 17.1. The number of carbonyl (C=O) groups is 1. The number of aliphatic hydroxyl groups is 1. The number of carbonyl (C=O) groups excluding carboxylic acids is 1. The Morgan fingerprint density at radius 2 is 1.87 bits per heavy atom. The summed E-state index contributed by atoms with van der Waals surface area (Å²) in [6.45, 7) is 1.78. The van der Waals surface area contributed by atoms with E-state index in [1.807, 2.05) is 18.2 Å². The fourth-order valence-corrected chi connectivity index (χ4v) is 2.50. The zero-order chi connectivity index (χ0) is 16.8. The van der Waals surface area contributed by atoms with Gasteiger partial charge in [-0.25, -0.2) is 4.79 Å². The van der Waals surface area contributed by atoms with E-state index >= 15 is 0 Å². The van der Waals surface area contributed by atoms with E-state index in [1.165, 1.54) is 6.07 Å². The summed E-state index contributed by atoms with van der Waals surface area (Å²) in [4.78, 5) is 12.3. The van der Waals surface area contributed by atoms with E-state index in [9.17, 15) is 20.1 Å². The normalized spacial score (nSPS) is 25.7. The van der Waals surface area contributed by atoms with Gasteiger partial charge in [0.15, 0.2) is 0 Å². The number of benzene rings is 1. The molecule has 5 heteroatoms. The van der Waals surface area contributed by atoms with Gasteiger partial charge in [-0.05, 0) is 31.4 Å². The molecule has 1 aliphatic heterocycles. The van der Waals surface area contributed by atoms with Crippen LogP contribution in [-0.2, 0) is 11.2 Å². The Morgan fingerprint density at radius 1 is 1.13 bits per heavy atom. The van der Waals surface area contributed by atoms with Gasteiger partial charge >= 0.3 is 5.97 Å². The molecule has 0 aliphatic carbocycles. The number of allylic oxidation sites excluding steroid dienone is 2. The number of aliphatic hydroxyl groups excluding tert-OH is 1. The van der Waals surface area contributed by atoms with Crippen molar-refractivity contribution in [3.63, 3.8) is 0 Å². The minimum absolute atomic E-state index is 0.0110. The molecule has 0 spiro atoms. The van der Waals surface area contributed by atoms with Crippen molar-refractivity contribution in [2.75, 3.05) is 0 Å². The zero-order valence-electron chi connectivity index (χ0n) is 13.1. The number of fused-ring (bicyclic) bond motifs is 1. The summed E-state index contributed by atoms with van der Waals surface area (Å²) < 4.78 is 5.35. The van der Waals surface area contributed by atoms with Gasteiger partial charge in [-0.2, -0.15) is 0 Å². The monoisotopic (exact) mass is 318 g/mol. The van der Waals surface area contributed by atoms with Gasteiger partial charge in [0.2, 0.25) is 0 Å². The summed E-state index contributed by atoms with van der Waals surface area (Å²) in [5.74, 6) is -1.18. The van der Waals surface area contributed by atoms with Crippen LogP contribution in [-0.4, -0.2) is 33.5 Å². The van der Waals surface area contributed by atoms with Gasteiger partial charge in [-0.3, -0.25) is 0 Å². The van der Waals surface area contributed by atoms with E-state index in [-0.39, 0.29) is 29.6 Å². The Balaban J connectivity index is 2.38. The van der Waals surface area contributed by atoms with Crippen molar-refractivity contribution >= 4 is 5.97 Å². The molecule has 2 rings (SSSR count). The van der Waals surface area contributed by atoms with Crippen molar-refractivity contribution < 1.29 is 24.9 Å². The summed E-state index contributed by atoms with van der Waals surface area (Å²) in [6.07, 6.45) is 8.70. The molecule has 1 heterocycles. The molecule has 124 valence electrons. The van der Waals surface area contributed by atoms with Gasteiger partial charge in [-0.15, -0.1) is 0 Å². The van der Waals surface area contributed by atoms with Crippen molar-refractivity contribution in [3.05, 3.63) is 47.6 Å². The standard InChI is InChI=1S/C18H22O5/c1-12-7-5-3-2-4-6-8-14(19)9-13-10-15(20)11-16(21)17(13)18(22)23-12/h3,5-6,8,10-12,14,19-21H,2,4,7,9H2,1H3/b5-3+,8-6+/t12-,14+/m1/s1. The third-order valence-electron chi connectivity index (χ3n) is 3.62. The van der Waals surface area contributed by atoms with Crippen molar-refractivity contribution in [1.82, 2.24) is 0 Å². The fourth-order valence-electron chi connectivity index (χ4n) is 2.50. The number of aromatic hydroxyl groups is 2. The molecule has 0 amide bonds. The van der Waals surface area contributed by atoms with Crippen LogP contribution >= 0.6 is 0 Å². The molecule has 0 saturated carbocycles. The number of ether oxygens (including phenoxy) is 1. The molecule has 2 atom stereocenters. The lowest BCUT2D eigenvalue weighted by molar-refractivity contribution is 0.0343. The van der Waals surface area contributed by atoms with Gasteiger partial charge in [0.25, 0.3) is 0 Å². The number of cyclic esters (lactones) is 1. The van der Waals surface area contributed by atoms with Crippen molar-refractivity contribution in [2.45, 2.75) is 44.8 Å². The Hall–Kier alpha value is -2.27. The number of rotatable bonds is 0. The highest BCUT2D eigenvalue weighted by molar-refractivity contribution is 5.94. The molecule has 1 aromatic rings. The summed E-state index contributed by atoms with van der Waals surface area (Å²) in [6, 6.07) is 2.46. The largest absolute Gasteiger partial charge is 0.508 e. The van der Waals surface area contributed by atoms with E-state index < -0.39 is 12.1 Å². The lowest BCUT2D eigenvalue weighted by Gasteiger charge is -2.16. The molecule has 0 radical (unpaired) electrons. The van der Waals surface area contributed by atoms with Gasteiger partial charge in [0.05, 0.1) is 6.10 Å². The minimum atomic E-state index is -0.813. The fraction of sp³-hybridized carbons (Fsp3) is 0.389. The van der Waals surface area contributed by atoms with Gasteiger partial charge in [-0.1, -0.05) is 24.3 Å². The van der Waals surface area contributed by atoms with Crippen LogP contribution < -0.4 is 0 Å². The van der Waals surface area contributed by atoms with Crippen molar-refractivity contribution in [2.24, 2.45) is 0 Å². The molecule has 5 nitrogen and oxygen atoms in total. The maximum Gasteiger partial charge on any atom is 0.342 e. The lowest BCUT2D eigenvalue weighted by Crippen LogP contribution is -2.18. The van der Waals surface area contributed by atoms with E-state index in [1.54, 1.807) is 13.0 Å². The second-order valence-electron chi connectivity index (χ2n) is 5.70. The van der Waals surface area contributed by atoms with Crippen molar-refractivity contribution in [1.29, 1.82) is 0 Å². The number of hydrogen-bond acceptors (Lipinski definition) is 5. The van der Waals surface area contributed by atoms with Crippen LogP contribution in [0.5, 0.6) is 11.5 Å². The Bertz CT molecular complexity index is 618. The SMILES string of the molecule is C[C@@H]1C/C=C/CC/C=C/[C@H](O)Cc2cc(O)cc(O)c2C(=O)O1. The minimum Gasteiger partial charge on any atom is -0.508 e. The maximum atomic E-state index is 12.3. The quantitative estimate of drug-likeness (QED) is 0.506. The van der Waals surface area contributed by atoms with Gasteiger partial charge in [0.1, 0.15) is 23.2 Å². The second-order valence-corrected chi connectivity index (χ2v) is 5.70. The molecule has 0 bridgehead atoms. The van der Waals surface area contributed by atoms with Gasteiger partial charge < -0.3 is 20.1 Å². The molecule has 0 unspecified atom stereocenters. The molecule has 0 fully saturated rings. The summed E-state index contributed by atoms with van der Waals surface area (Å²) in [7, 11) is 0. The smallest absolute Gasteiger partial charge is 0.342 e.